The summed E-state index contributed by atoms with van der Waals surface area (Å²) in [6.07, 6.45) is -2.20. The fourth-order valence-corrected chi connectivity index (χ4v) is 3.60. The second kappa shape index (κ2) is 10.4. The molecular weight excluding hydrogens is 450 g/mol. The lowest BCUT2D eigenvalue weighted by molar-refractivity contribution is -0.167. The van der Waals surface area contributed by atoms with Gasteiger partial charge in [-0.05, 0) is 61.9 Å². The van der Waals surface area contributed by atoms with Crippen LogP contribution >= 0.6 is 11.6 Å². The lowest BCUT2D eigenvalue weighted by Crippen LogP contribution is -2.23. The first kappa shape index (κ1) is 24.1. The predicted octanol–water partition coefficient (Wildman–Crippen LogP) is 4.91. The highest BCUT2D eigenvalue weighted by Crippen LogP contribution is 2.31. The molecule has 1 aromatic heterocycles. The quantitative estimate of drug-likeness (QED) is 0.355. The Balaban J connectivity index is 1.95. The first-order valence-electron chi connectivity index (χ1n) is 10.3. The molecule has 1 atom stereocenters. The minimum atomic E-state index is -1.13. The van der Waals surface area contributed by atoms with E-state index in [1.807, 2.05) is 0 Å². The molecule has 33 heavy (non-hydrogen) atoms. The van der Waals surface area contributed by atoms with E-state index in [-0.39, 0.29) is 18.9 Å². The van der Waals surface area contributed by atoms with Crippen molar-refractivity contribution in [2.24, 2.45) is 0 Å². The van der Waals surface area contributed by atoms with Gasteiger partial charge in [-0.25, -0.2) is 4.79 Å². The number of esters is 1. The van der Waals surface area contributed by atoms with Crippen molar-refractivity contribution in [2.75, 3.05) is 13.7 Å². The number of carbonyl (C=O) groups is 3. The van der Waals surface area contributed by atoms with Gasteiger partial charge in [-0.3, -0.25) is 14.2 Å². The molecule has 3 aromatic rings. The molecule has 0 amide bonds. The van der Waals surface area contributed by atoms with E-state index >= 15 is 0 Å². The van der Waals surface area contributed by atoms with Crippen molar-refractivity contribution in [1.29, 1.82) is 0 Å². The number of methoxy groups -OCH3 is 1. The highest BCUT2D eigenvalue weighted by molar-refractivity contribution is 6.30. The summed E-state index contributed by atoms with van der Waals surface area (Å²) in [6.45, 7) is 4.94. The van der Waals surface area contributed by atoms with E-state index in [1.54, 1.807) is 60.9 Å². The van der Waals surface area contributed by atoms with Crippen LogP contribution in [0.15, 0.2) is 42.5 Å². The van der Waals surface area contributed by atoms with E-state index in [9.17, 15) is 14.4 Å². The Hall–Kier alpha value is -3.52. The monoisotopic (exact) mass is 473 g/mol. The number of hydrogen-bond acceptors (Lipinski definition) is 7. The summed E-state index contributed by atoms with van der Waals surface area (Å²) in [7, 11) is 1.53. The Morgan fingerprint density at radius 1 is 1.06 bits per heavy atom. The normalized spacial score (nSPS) is 11.7. The zero-order valence-electron chi connectivity index (χ0n) is 18.7. The molecule has 0 fully saturated rings. The summed E-state index contributed by atoms with van der Waals surface area (Å²) in [6, 6.07) is 11.8. The highest BCUT2D eigenvalue weighted by atomic mass is 35.5. The van der Waals surface area contributed by atoms with Crippen molar-refractivity contribution in [3.8, 4) is 5.75 Å². The number of ether oxygens (including phenoxy) is 4. The third-order valence-corrected chi connectivity index (χ3v) is 5.23. The largest absolute Gasteiger partial charge is 0.511 e. The second-order valence-corrected chi connectivity index (χ2v) is 7.57. The average molecular weight is 474 g/mol. The molecule has 0 saturated heterocycles. The number of fused-ring (bicyclic) bond motifs is 1. The number of nitrogens with zero attached hydrogens (tertiary/aromatic N) is 1. The molecule has 0 aliphatic carbocycles. The van der Waals surface area contributed by atoms with Crippen molar-refractivity contribution >= 4 is 40.5 Å². The van der Waals surface area contributed by atoms with E-state index in [2.05, 4.69) is 4.74 Å². The van der Waals surface area contributed by atoms with Gasteiger partial charge in [-0.15, -0.1) is 0 Å². The lowest BCUT2D eigenvalue weighted by atomic mass is 10.1. The summed E-state index contributed by atoms with van der Waals surface area (Å²) >= 11 is 5.95. The van der Waals surface area contributed by atoms with Crippen molar-refractivity contribution in [3.05, 3.63) is 64.3 Å². The van der Waals surface area contributed by atoms with E-state index in [1.165, 1.54) is 14.0 Å². The Morgan fingerprint density at radius 2 is 1.76 bits per heavy atom. The molecule has 9 heteroatoms. The summed E-state index contributed by atoms with van der Waals surface area (Å²) in [5.41, 5.74) is 2.24. The van der Waals surface area contributed by atoms with Crippen LogP contribution in [0.2, 0.25) is 5.02 Å². The van der Waals surface area contributed by atoms with E-state index in [0.717, 1.165) is 0 Å². The molecule has 174 valence electrons. The molecule has 3 rings (SSSR count). The molecular formula is C24H24ClNO7. The van der Waals surface area contributed by atoms with Crippen LogP contribution in [0.3, 0.4) is 0 Å². The SMILES string of the molecule is CCOC(=O)OC(C)OC(=O)Cc1c(C)n(C(=O)c2ccc(Cl)cc2)c2ccc(OC)cc12. The van der Waals surface area contributed by atoms with Gasteiger partial charge in [-0.1, -0.05) is 11.6 Å². The third-order valence-electron chi connectivity index (χ3n) is 4.98. The molecule has 0 bridgehead atoms. The molecule has 0 aliphatic heterocycles. The molecule has 8 nitrogen and oxygen atoms in total. The van der Waals surface area contributed by atoms with Gasteiger partial charge in [-0.2, -0.15) is 0 Å². The van der Waals surface area contributed by atoms with Gasteiger partial charge in [0.1, 0.15) is 5.75 Å². The third kappa shape index (κ3) is 5.46. The molecule has 0 saturated carbocycles. The number of benzene rings is 2. The maximum absolute atomic E-state index is 13.3. The van der Waals surface area contributed by atoms with E-state index < -0.39 is 18.4 Å². The van der Waals surface area contributed by atoms with Gasteiger partial charge in [0.15, 0.2) is 0 Å². The minimum Gasteiger partial charge on any atom is -0.497 e. The topological polar surface area (TPSA) is 93.1 Å². The molecule has 1 unspecified atom stereocenters. The first-order chi connectivity index (χ1) is 15.7. The minimum absolute atomic E-state index is 0.141. The standard InChI is InChI=1S/C24H24ClNO7/c1-5-31-24(29)33-15(3)32-22(27)13-19-14(2)26(21-11-10-18(30-4)12-20(19)21)23(28)16-6-8-17(25)9-7-16/h6-12,15H,5,13H2,1-4H3. The van der Waals surface area contributed by atoms with Gasteiger partial charge in [0.05, 0.1) is 25.7 Å². The van der Waals surface area contributed by atoms with Crippen LogP contribution < -0.4 is 4.74 Å². The van der Waals surface area contributed by atoms with Gasteiger partial charge >= 0.3 is 12.1 Å². The Kier molecular flexibility index (Phi) is 7.60. The van der Waals surface area contributed by atoms with Crippen molar-refractivity contribution in [2.45, 2.75) is 33.5 Å². The number of aromatic nitrogens is 1. The molecule has 0 radical (unpaired) electrons. The first-order valence-corrected chi connectivity index (χ1v) is 10.6. The van der Waals surface area contributed by atoms with E-state index in [0.29, 0.717) is 38.5 Å². The zero-order valence-corrected chi connectivity index (χ0v) is 19.5. The van der Waals surface area contributed by atoms with Crippen LogP contribution in [-0.4, -0.2) is 42.6 Å². The summed E-state index contributed by atoms with van der Waals surface area (Å²) in [5.74, 6) is -0.319. The predicted molar refractivity (Wildman–Crippen MR) is 122 cm³/mol. The summed E-state index contributed by atoms with van der Waals surface area (Å²) in [4.78, 5) is 37.3. The van der Waals surface area contributed by atoms with E-state index in [4.69, 9.17) is 25.8 Å². The summed E-state index contributed by atoms with van der Waals surface area (Å²) < 4.78 is 21.6. The number of halogens is 1. The van der Waals surface area contributed by atoms with Crippen LogP contribution in [0.5, 0.6) is 5.75 Å². The van der Waals surface area contributed by atoms with Gasteiger partial charge < -0.3 is 18.9 Å². The van der Waals surface area contributed by atoms with Crippen molar-refractivity contribution < 1.29 is 33.3 Å². The Bertz CT molecular complexity index is 1180. The molecule has 2 aromatic carbocycles. The number of carbonyl (C=O) groups excluding carboxylic acids is 3. The van der Waals surface area contributed by atoms with Crippen LogP contribution in [-0.2, 0) is 25.4 Å². The van der Waals surface area contributed by atoms with Gasteiger partial charge in [0, 0.05) is 28.6 Å². The van der Waals surface area contributed by atoms with Gasteiger partial charge in [0.2, 0.25) is 6.29 Å². The number of rotatable bonds is 7. The fourth-order valence-electron chi connectivity index (χ4n) is 3.48. The Morgan fingerprint density at radius 3 is 2.39 bits per heavy atom. The molecule has 0 spiro atoms. The van der Waals surface area contributed by atoms with Crippen LogP contribution in [0.25, 0.3) is 10.9 Å². The fraction of sp³-hybridized carbons (Fsp3) is 0.292. The summed E-state index contributed by atoms with van der Waals surface area (Å²) in [5, 5.41) is 1.19. The maximum atomic E-state index is 13.3. The van der Waals surface area contributed by atoms with Crippen LogP contribution in [0.1, 0.15) is 35.5 Å². The second-order valence-electron chi connectivity index (χ2n) is 7.13. The molecule has 1 heterocycles. The number of hydrogen-bond donors (Lipinski definition) is 0. The van der Waals surface area contributed by atoms with Crippen LogP contribution in [0.4, 0.5) is 4.79 Å². The molecule has 0 N–H and O–H groups in total. The lowest BCUT2D eigenvalue weighted by Gasteiger charge is -2.13. The average Bonchev–Trinajstić information content (AvgIpc) is 3.04. The van der Waals surface area contributed by atoms with Gasteiger partial charge in [0.25, 0.3) is 5.91 Å². The smallest absolute Gasteiger partial charge is 0.497 e. The Labute approximate surface area is 195 Å². The van der Waals surface area contributed by atoms with Crippen molar-refractivity contribution in [3.63, 3.8) is 0 Å². The highest BCUT2D eigenvalue weighted by Gasteiger charge is 2.24. The maximum Gasteiger partial charge on any atom is 0.511 e. The molecule has 0 aliphatic rings. The van der Waals surface area contributed by atoms with Crippen molar-refractivity contribution in [1.82, 2.24) is 4.57 Å². The zero-order chi connectivity index (χ0) is 24.1. The van der Waals surface area contributed by atoms with Crippen LogP contribution in [0, 0.1) is 6.92 Å².